The monoisotopic (exact) mass is 436 g/mol. The number of carbonyl (C=O) groups excluding carboxylic acids is 1. The van der Waals surface area contributed by atoms with Gasteiger partial charge in [-0.1, -0.05) is 42.2 Å². The van der Waals surface area contributed by atoms with Gasteiger partial charge in [-0.25, -0.2) is 13.4 Å². The summed E-state index contributed by atoms with van der Waals surface area (Å²) in [7, 11) is -0.896. The van der Waals surface area contributed by atoms with E-state index in [9.17, 15) is 13.2 Å². The number of sulfonamides is 1. The molecule has 0 spiro atoms. The number of hydrogen-bond donors (Lipinski definition) is 1. The summed E-state index contributed by atoms with van der Waals surface area (Å²) in [6.07, 6.45) is 1.59. The van der Waals surface area contributed by atoms with Gasteiger partial charge in [0, 0.05) is 11.6 Å². The van der Waals surface area contributed by atoms with E-state index in [0.29, 0.717) is 17.1 Å². The molecule has 0 aliphatic carbocycles. The molecule has 28 heavy (non-hydrogen) atoms. The molecule has 1 aliphatic heterocycles. The summed E-state index contributed by atoms with van der Waals surface area (Å²) in [5.74, 6) is 0.555. The first-order valence-corrected chi connectivity index (χ1v) is 10.6. The van der Waals surface area contributed by atoms with Crippen molar-refractivity contribution >= 4 is 50.3 Å². The molecule has 146 valence electrons. The third kappa shape index (κ3) is 4.20. The number of hydrogen-bond acceptors (Lipinski definition) is 7. The van der Waals surface area contributed by atoms with Gasteiger partial charge in [0.1, 0.15) is 11.5 Å². The quantitative estimate of drug-likeness (QED) is 0.551. The van der Waals surface area contributed by atoms with Crippen LogP contribution in [0.4, 0.5) is 0 Å². The van der Waals surface area contributed by atoms with Crippen molar-refractivity contribution in [2.45, 2.75) is 4.90 Å². The van der Waals surface area contributed by atoms with Crippen molar-refractivity contribution < 1.29 is 22.7 Å². The Morgan fingerprint density at radius 3 is 2.46 bits per heavy atom. The van der Waals surface area contributed by atoms with Crippen LogP contribution in [-0.4, -0.2) is 37.9 Å². The Kier molecular flexibility index (Phi) is 6.04. The molecular weight excluding hydrogens is 420 g/mol. The second-order valence-electron chi connectivity index (χ2n) is 5.53. The maximum absolute atomic E-state index is 12.7. The third-order valence-corrected chi connectivity index (χ3v) is 6.40. The van der Waals surface area contributed by atoms with E-state index in [1.165, 1.54) is 19.2 Å². The molecule has 0 radical (unpaired) electrons. The number of nitrogens with zero attached hydrogens (tertiary/aromatic N) is 1. The molecule has 2 aromatic carbocycles. The lowest BCUT2D eigenvalue weighted by Gasteiger charge is -2.15. The first-order valence-electron chi connectivity index (χ1n) is 7.93. The van der Waals surface area contributed by atoms with Crippen molar-refractivity contribution in [2.75, 3.05) is 14.2 Å². The minimum atomic E-state index is -3.94. The van der Waals surface area contributed by atoms with Crippen LogP contribution in [0.25, 0.3) is 6.08 Å². The van der Waals surface area contributed by atoms with Crippen LogP contribution in [0.3, 0.4) is 0 Å². The Bertz CT molecular complexity index is 1050. The van der Waals surface area contributed by atoms with E-state index < -0.39 is 15.9 Å². The SMILES string of the molecule is COc1ccc(C=C2SC(=S)N(NS(=O)(=O)c3ccccc3)C2=O)c(OC)c1. The molecule has 0 unspecified atom stereocenters. The zero-order chi connectivity index (χ0) is 20.3. The maximum Gasteiger partial charge on any atom is 0.281 e. The highest BCUT2D eigenvalue weighted by molar-refractivity contribution is 8.26. The predicted molar refractivity (Wildman–Crippen MR) is 111 cm³/mol. The molecule has 2 aromatic rings. The molecule has 0 atom stereocenters. The molecule has 10 heteroatoms. The van der Waals surface area contributed by atoms with Gasteiger partial charge in [-0.3, -0.25) is 4.79 Å². The Morgan fingerprint density at radius 2 is 1.82 bits per heavy atom. The Hall–Kier alpha value is -2.40. The topological polar surface area (TPSA) is 84.9 Å². The second-order valence-corrected chi connectivity index (χ2v) is 8.87. The maximum atomic E-state index is 12.7. The molecule has 0 saturated carbocycles. The number of carbonyl (C=O) groups is 1. The van der Waals surface area contributed by atoms with Crippen LogP contribution in [-0.2, 0) is 14.8 Å². The lowest BCUT2D eigenvalue weighted by Crippen LogP contribution is -2.44. The number of thiocarbonyl (C=S) groups is 1. The first-order chi connectivity index (χ1) is 13.4. The van der Waals surface area contributed by atoms with Crippen LogP contribution in [0.1, 0.15) is 5.56 Å². The lowest BCUT2D eigenvalue weighted by atomic mass is 10.1. The van der Waals surface area contributed by atoms with E-state index in [1.807, 2.05) is 0 Å². The van der Waals surface area contributed by atoms with Crippen molar-refractivity contribution in [1.82, 2.24) is 9.84 Å². The third-order valence-electron chi connectivity index (χ3n) is 3.79. The van der Waals surface area contributed by atoms with Gasteiger partial charge in [0.25, 0.3) is 15.9 Å². The van der Waals surface area contributed by atoms with Crippen molar-refractivity contribution in [3.63, 3.8) is 0 Å². The van der Waals surface area contributed by atoms with Crippen molar-refractivity contribution in [1.29, 1.82) is 0 Å². The molecular formula is C18H16N2O5S3. The van der Waals surface area contributed by atoms with Gasteiger partial charge in [0.15, 0.2) is 4.32 Å². The van der Waals surface area contributed by atoms with Gasteiger partial charge in [0.2, 0.25) is 0 Å². The summed E-state index contributed by atoms with van der Waals surface area (Å²) >= 11 is 6.18. The summed E-state index contributed by atoms with van der Waals surface area (Å²) in [5, 5.41) is 0.851. The Labute approximate surface area is 172 Å². The van der Waals surface area contributed by atoms with Crippen LogP contribution < -0.4 is 14.3 Å². The second kappa shape index (κ2) is 8.31. The summed E-state index contributed by atoms with van der Waals surface area (Å²) in [6, 6.07) is 12.9. The van der Waals surface area contributed by atoms with Crippen LogP contribution in [0.5, 0.6) is 11.5 Å². The van der Waals surface area contributed by atoms with E-state index in [-0.39, 0.29) is 14.1 Å². The standard InChI is InChI=1S/C18H16N2O5S3/c1-24-13-9-8-12(15(11-13)25-2)10-16-17(21)20(18(26)27-16)19-28(22,23)14-6-4-3-5-7-14/h3-11,19H,1-2H3. The molecule has 1 amide bonds. The van der Waals surface area contributed by atoms with Crippen LogP contribution in [0, 0.1) is 0 Å². The molecule has 0 aromatic heterocycles. The van der Waals surface area contributed by atoms with Gasteiger partial charge in [0.05, 0.1) is 24.0 Å². The van der Waals surface area contributed by atoms with Crippen molar-refractivity contribution in [3.05, 3.63) is 59.0 Å². The molecule has 0 bridgehead atoms. The summed E-state index contributed by atoms with van der Waals surface area (Å²) in [5.41, 5.74) is 0.634. The molecule has 1 fully saturated rings. The predicted octanol–water partition coefficient (Wildman–Crippen LogP) is 2.80. The van der Waals surface area contributed by atoms with Gasteiger partial charge in [-0.2, -0.15) is 0 Å². The van der Waals surface area contributed by atoms with Crippen molar-refractivity contribution in [3.8, 4) is 11.5 Å². The normalized spacial score (nSPS) is 15.9. The van der Waals surface area contributed by atoms with Crippen LogP contribution in [0.15, 0.2) is 58.3 Å². The van der Waals surface area contributed by atoms with Gasteiger partial charge in [-0.05, 0) is 30.3 Å². The summed E-state index contributed by atoms with van der Waals surface area (Å²) < 4.78 is 35.5. The molecule has 1 aliphatic rings. The lowest BCUT2D eigenvalue weighted by molar-refractivity contribution is -0.123. The van der Waals surface area contributed by atoms with Crippen LogP contribution in [0.2, 0.25) is 0 Å². The number of ether oxygens (including phenoxy) is 2. The fourth-order valence-electron chi connectivity index (χ4n) is 2.40. The van der Waals surface area contributed by atoms with Gasteiger partial charge in [-0.15, -0.1) is 4.83 Å². The highest BCUT2D eigenvalue weighted by Crippen LogP contribution is 2.34. The molecule has 7 nitrogen and oxygen atoms in total. The molecule has 3 rings (SSSR count). The number of methoxy groups -OCH3 is 2. The zero-order valence-corrected chi connectivity index (χ0v) is 17.4. The smallest absolute Gasteiger partial charge is 0.281 e. The fraction of sp³-hybridized carbons (Fsp3) is 0.111. The van der Waals surface area contributed by atoms with E-state index in [4.69, 9.17) is 21.7 Å². The molecule has 1 N–H and O–H groups in total. The van der Waals surface area contributed by atoms with Crippen molar-refractivity contribution in [2.24, 2.45) is 0 Å². The Balaban J connectivity index is 1.87. The number of thioether (sulfide) groups is 1. The minimum absolute atomic E-state index is 0.0323. The highest BCUT2D eigenvalue weighted by Gasteiger charge is 2.35. The average molecular weight is 437 g/mol. The average Bonchev–Trinajstić information content (AvgIpc) is 2.96. The van der Waals surface area contributed by atoms with Crippen LogP contribution >= 0.6 is 24.0 Å². The molecule has 1 saturated heterocycles. The number of hydrazine groups is 1. The number of benzene rings is 2. The minimum Gasteiger partial charge on any atom is -0.497 e. The van der Waals surface area contributed by atoms with E-state index in [1.54, 1.807) is 49.6 Å². The zero-order valence-electron chi connectivity index (χ0n) is 14.9. The summed E-state index contributed by atoms with van der Waals surface area (Å²) in [4.78, 5) is 15.2. The number of nitrogens with one attached hydrogen (secondary N) is 1. The number of amides is 1. The van der Waals surface area contributed by atoms with Gasteiger partial charge < -0.3 is 9.47 Å². The Morgan fingerprint density at radius 1 is 1.11 bits per heavy atom. The van der Waals surface area contributed by atoms with Gasteiger partial charge >= 0.3 is 0 Å². The molecule has 1 heterocycles. The highest BCUT2D eigenvalue weighted by atomic mass is 32.2. The fourth-order valence-corrected chi connectivity index (χ4v) is 4.72. The van der Waals surface area contributed by atoms with E-state index in [0.717, 1.165) is 16.8 Å². The largest absolute Gasteiger partial charge is 0.497 e. The summed E-state index contributed by atoms with van der Waals surface area (Å²) in [6.45, 7) is 0. The van der Waals surface area contributed by atoms with E-state index in [2.05, 4.69) is 4.83 Å². The number of rotatable bonds is 6. The first kappa shape index (κ1) is 20.3. The van der Waals surface area contributed by atoms with E-state index >= 15 is 0 Å².